The molecular weight excluding hydrogens is 164 g/mol. The van der Waals surface area contributed by atoms with Crippen LogP contribution in [0.2, 0.25) is 0 Å². The molecule has 0 aromatic carbocycles. The van der Waals surface area contributed by atoms with Crippen molar-refractivity contribution < 1.29 is 4.42 Å². The summed E-state index contributed by atoms with van der Waals surface area (Å²) in [4.78, 5) is 0. The fourth-order valence-electron chi connectivity index (χ4n) is 1.24. The van der Waals surface area contributed by atoms with Gasteiger partial charge in [0.15, 0.2) is 0 Å². The fourth-order valence-corrected chi connectivity index (χ4v) is 1.24. The summed E-state index contributed by atoms with van der Waals surface area (Å²) in [6.07, 6.45) is 2.58. The molecule has 0 bridgehead atoms. The first-order valence-corrected chi connectivity index (χ1v) is 4.43. The molecule has 3 heteroatoms. The third kappa shape index (κ3) is 1.90. The van der Waals surface area contributed by atoms with Crippen LogP contribution in [0.1, 0.15) is 43.6 Å². The van der Waals surface area contributed by atoms with E-state index in [1.165, 1.54) is 0 Å². The van der Waals surface area contributed by atoms with E-state index in [1.807, 2.05) is 6.07 Å². The van der Waals surface area contributed by atoms with Gasteiger partial charge in [0.05, 0.1) is 12.3 Å². The maximum atomic E-state index is 8.67. The molecule has 2 unspecified atom stereocenters. The summed E-state index contributed by atoms with van der Waals surface area (Å²) in [5, 5.41) is 8.67. The minimum Gasteiger partial charge on any atom is -0.469 e. The van der Waals surface area contributed by atoms with Gasteiger partial charge in [-0.05, 0) is 12.5 Å². The summed E-state index contributed by atoms with van der Waals surface area (Å²) in [6.45, 7) is 4.14. The third-order valence-electron chi connectivity index (χ3n) is 2.26. The van der Waals surface area contributed by atoms with Crippen molar-refractivity contribution >= 4 is 0 Å². The van der Waals surface area contributed by atoms with Gasteiger partial charge in [0.2, 0.25) is 0 Å². The van der Waals surface area contributed by atoms with Crippen LogP contribution in [0, 0.1) is 11.3 Å². The van der Waals surface area contributed by atoms with E-state index in [4.69, 9.17) is 15.4 Å². The van der Waals surface area contributed by atoms with Crippen LogP contribution in [0.5, 0.6) is 0 Å². The lowest BCUT2D eigenvalue weighted by Gasteiger charge is -2.08. The predicted molar refractivity (Wildman–Crippen MR) is 50.0 cm³/mol. The molecule has 0 aliphatic heterocycles. The number of nitrogens with zero attached hydrogens (tertiary/aromatic N) is 1. The molecule has 0 saturated carbocycles. The Morgan fingerprint density at radius 1 is 1.69 bits per heavy atom. The van der Waals surface area contributed by atoms with Gasteiger partial charge in [-0.3, -0.25) is 0 Å². The second kappa shape index (κ2) is 4.11. The molecular formula is C10H14N2O. The zero-order chi connectivity index (χ0) is 9.84. The summed E-state index contributed by atoms with van der Waals surface area (Å²) in [7, 11) is 0. The Labute approximate surface area is 78.1 Å². The summed E-state index contributed by atoms with van der Waals surface area (Å²) < 4.78 is 5.31. The minimum absolute atomic E-state index is 0.324. The first kappa shape index (κ1) is 9.82. The standard InChI is InChI=1S/C10H14N2O/c1-3-7(2)10-8(4-5-13-10)9(12)6-11/h4-5,7,9H,3,12H2,1-2H3. The molecule has 1 aromatic heterocycles. The van der Waals surface area contributed by atoms with E-state index >= 15 is 0 Å². The zero-order valence-corrected chi connectivity index (χ0v) is 7.95. The highest BCUT2D eigenvalue weighted by Gasteiger charge is 2.17. The maximum Gasteiger partial charge on any atom is 0.122 e. The summed E-state index contributed by atoms with van der Waals surface area (Å²) in [5.74, 6) is 1.17. The SMILES string of the molecule is CCC(C)c1occc1C(N)C#N. The van der Waals surface area contributed by atoms with Gasteiger partial charge in [0.25, 0.3) is 0 Å². The van der Waals surface area contributed by atoms with Gasteiger partial charge in [-0.2, -0.15) is 5.26 Å². The minimum atomic E-state index is -0.567. The smallest absolute Gasteiger partial charge is 0.122 e. The Kier molecular flexibility index (Phi) is 3.10. The van der Waals surface area contributed by atoms with E-state index in [-0.39, 0.29) is 0 Å². The van der Waals surface area contributed by atoms with Crippen LogP contribution in [0.15, 0.2) is 16.7 Å². The first-order chi connectivity index (χ1) is 6.20. The Balaban J connectivity index is 2.97. The zero-order valence-electron chi connectivity index (χ0n) is 7.95. The van der Waals surface area contributed by atoms with Crippen LogP contribution >= 0.6 is 0 Å². The summed E-state index contributed by atoms with van der Waals surface area (Å²) >= 11 is 0. The topological polar surface area (TPSA) is 62.9 Å². The average Bonchev–Trinajstić information content (AvgIpc) is 2.63. The van der Waals surface area contributed by atoms with E-state index in [0.29, 0.717) is 5.92 Å². The van der Waals surface area contributed by atoms with Crippen LogP contribution in [0.4, 0.5) is 0 Å². The summed E-state index contributed by atoms with van der Waals surface area (Å²) in [6, 6.07) is 3.21. The molecule has 0 aliphatic carbocycles. The number of nitriles is 1. The molecule has 1 heterocycles. The Morgan fingerprint density at radius 3 is 2.92 bits per heavy atom. The number of nitrogens with two attached hydrogens (primary N) is 1. The van der Waals surface area contributed by atoms with Crippen molar-refractivity contribution in [2.45, 2.75) is 32.2 Å². The maximum absolute atomic E-state index is 8.67. The number of rotatable bonds is 3. The van der Waals surface area contributed by atoms with Crippen LogP contribution in [0.3, 0.4) is 0 Å². The number of furan rings is 1. The lowest BCUT2D eigenvalue weighted by atomic mass is 9.99. The van der Waals surface area contributed by atoms with Crippen LogP contribution in [-0.4, -0.2) is 0 Å². The highest BCUT2D eigenvalue weighted by atomic mass is 16.3. The van der Waals surface area contributed by atoms with Crippen molar-refractivity contribution in [3.8, 4) is 6.07 Å². The molecule has 1 rings (SSSR count). The second-order valence-corrected chi connectivity index (χ2v) is 3.16. The van der Waals surface area contributed by atoms with Gasteiger partial charge in [-0.15, -0.1) is 0 Å². The summed E-state index contributed by atoms with van der Waals surface area (Å²) in [5.41, 5.74) is 6.43. The molecule has 0 aliphatic rings. The number of hydrogen-bond acceptors (Lipinski definition) is 3. The second-order valence-electron chi connectivity index (χ2n) is 3.16. The molecule has 0 radical (unpaired) electrons. The van der Waals surface area contributed by atoms with Crippen molar-refractivity contribution in [3.05, 3.63) is 23.7 Å². The van der Waals surface area contributed by atoms with E-state index in [1.54, 1.807) is 12.3 Å². The van der Waals surface area contributed by atoms with Crippen LogP contribution < -0.4 is 5.73 Å². The first-order valence-electron chi connectivity index (χ1n) is 4.43. The van der Waals surface area contributed by atoms with E-state index in [0.717, 1.165) is 17.7 Å². The Hall–Kier alpha value is -1.27. The van der Waals surface area contributed by atoms with Gasteiger partial charge < -0.3 is 10.2 Å². The van der Waals surface area contributed by atoms with E-state index < -0.39 is 6.04 Å². The Bertz CT molecular complexity index is 311. The lowest BCUT2D eigenvalue weighted by Crippen LogP contribution is -2.09. The van der Waals surface area contributed by atoms with Crippen molar-refractivity contribution in [1.29, 1.82) is 5.26 Å². The van der Waals surface area contributed by atoms with Gasteiger partial charge in [0, 0.05) is 11.5 Å². The predicted octanol–water partition coefficient (Wildman–Crippen LogP) is 2.32. The van der Waals surface area contributed by atoms with Gasteiger partial charge >= 0.3 is 0 Å². The molecule has 0 amide bonds. The average molecular weight is 178 g/mol. The Morgan fingerprint density at radius 2 is 2.38 bits per heavy atom. The van der Waals surface area contributed by atoms with Crippen molar-refractivity contribution in [2.75, 3.05) is 0 Å². The quantitative estimate of drug-likeness (QED) is 0.772. The van der Waals surface area contributed by atoms with Crippen molar-refractivity contribution in [2.24, 2.45) is 5.73 Å². The monoisotopic (exact) mass is 178 g/mol. The molecule has 0 saturated heterocycles. The van der Waals surface area contributed by atoms with Crippen LogP contribution in [0.25, 0.3) is 0 Å². The van der Waals surface area contributed by atoms with E-state index in [2.05, 4.69) is 13.8 Å². The largest absolute Gasteiger partial charge is 0.469 e. The molecule has 0 spiro atoms. The van der Waals surface area contributed by atoms with Crippen LogP contribution in [-0.2, 0) is 0 Å². The lowest BCUT2D eigenvalue weighted by molar-refractivity contribution is 0.462. The molecule has 3 nitrogen and oxygen atoms in total. The van der Waals surface area contributed by atoms with Gasteiger partial charge in [-0.25, -0.2) is 0 Å². The van der Waals surface area contributed by atoms with Crippen molar-refractivity contribution in [1.82, 2.24) is 0 Å². The fraction of sp³-hybridized carbons (Fsp3) is 0.500. The molecule has 2 atom stereocenters. The molecule has 0 fully saturated rings. The molecule has 13 heavy (non-hydrogen) atoms. The molecule has 1 aromatic rings. The normalized spacial score (nSPS) is 14.9. The van der Waals surface area contributed by atoms with Gasteiger partial charge in [0.1, 0.15) is 11.8 Å². The third-order valence-corrected chi connectivity index (χ3v) is 2.26. The number of hydrogen-bond donors (Lipinski definition) is 1. The molecule has 2 N–H and O–H groups in total. The van der Waals surface area contributed by atoms with Crippen molar-refractivity contribution in [3.63, 3.8) is 0 Å². The highest BCUT2D eigenvalue weighted by Crippen LogP contribution is 2.26. The molecule has 70 valence electrons. The van der Waals surface area contributed by atoms with Gasteiger partial charge in [-0.1, -0.05) is 13.8 Å². The highest BCUT2D eigenvalue weighted by molar-refractivity contribution is 5.27. The van der Waals surface area contributed by atoms with E-state index in [9.17, 15) is 0 Å².